The van der Waals surface area contributed by atoms with E-state index in [4.69, 9.17) is 0 Å². The van der Waals surface area contributed by atoms with Gasteiger partial charge in [0.2, 0.25) is 0 Å². The predicted molar refractivity (Wildman–Crippen MR) is 99.2 cm³/mol. The minimum absolute atomic E-state index is 0.0250. The van der Waals surface area contributed by atoms with Crippen LogP contribution in [0.1, 0.15) is 61.5 Å². The number of aromatic carboxylic acids is 1. The lowest BCUT2D eigenvalue weighted by Gasteiger charge is -2.31. The van der Waals surface area contributed by atoms with Gasteiger partial charge in [-0.15, -0.1) is 0 Å². The van der Waals surface area contributed by atoms with Crippen molar-refractivity contribution < 1.29 is 20.1 Å². The van der Waals surface area contributed by atoms with Crippen LogP contribution in [0.4, 0.5) is 0 Å². The summed E-state index contributed by atoms with van der Waals surface area (Å²) in [5.41, 5.74) is 3.06. The summed E-state index contributed by atoms with van der Waals surface area (Å²) in [7, 11) is 0. The normalized spacial score (nSPS) is 20.2. The number of carbonyl (C=O) groups is 1. The van der Waals surface area contributed by atoms with E-state index in [9.17, 15) is 20.1 Å². The molecule has 0 spiro atoms. The third kappa shape index (κ3) is 4.06. The molecule has 0 heterocycles. The molecule has 4 nitrogen and oxygen atoms in total. The molecule has 136 valence electrons. The number of carboxylic acids is 1. The second kappa shape index (κ2) is 7.77. The Morgan fingerprint density at radius 1 is 1.36 bits per heavy atom. The van der Waals surface area contributed by atoms with Crippen LogP contribution in [0.2, 0.25) is 0 Å². The van der Waals surface area contributed by atoms with Crippen molar-refractivity contribution in [1.82, 2.24) is 0 Å². The molecule has 2 rings (SSSR count). The summed E-state index contributed by atoms with van der Waals surface area (Å²) >= 11 is 0. The summed E-state index contributed by atoms with van der Waals surface area (Å²) in [6, 6.07) is 1.50. The van der Waals surface area contributed by atoms with Crippen molar-refractivity contribution in [3.05, 3.63) is 46.6 Å². The van der Waals surface area contributed by atoms with Gasteiger partial charge in [-0.1, -0.05) is 37.1 Å². The molecule has 1 aromatic carbocycles. The van der Waals surface area contributed by atoms with Crippen LogP contribution in [0.25, 0.3) is 0 Å². The van der Waals surface area contributed by atoms with Gasteiger partial charge in [-0.25, -0.2) is 4.79 Å². The lowest BCUT2D eigenvalue weighted by Crippen LogP contribution is -2.21. The van der Waals surface area contributed by atoms with Crippen molar-refractivity contribution in [2.75, 3.05) is 0 Å². The zero-order valence-electron chi connectivity index (χ0n) is 15.3. The molecule has 25 heavy (non-hydrogen) atoms. The minimum atomic E-state index is -1.16. The maximum atomic E-state index is 11.6. The van der Waals surface area contributed by atoms with E-state index in [1.165, 1.54) is 11.6 Å². The molecule has 0 aliphatic heterocycles. The number of benzene rings is 1. The van der Waals surface area contributed by atoms with Gasteiger partial charge in [-0.2, -0.15) is 0 Å². The first-order valence-electron chi connectivity index (χ1n) is 8.88. The summed E-state index contributed by atoms with van der Waals surface area (Å²) in [5.74, 6) is -1.11. The Kier molecular flexibility index (Phi) is 5.93. The number of rotatable bonds is 6. The van der Waals surface area contributed by atoms with Crippen molar-refractivity contribution in [1.29, 1.82) is 0 Å². The van der Waals surface area contributed by atoms with Crippen LogP contribution in [0, 0.1) is 11.8 Å². The van der Waals surface area contributed by atoms with E-state index in [1.54, 1.807) is 0 Å². The quantitative estimate of drug-likeness (QED) is 0.645. The second-order valence-corrected chi connectivity index (χ2v) is 7.18. The number of phenolic OH excluding ortho intramolecular Hbond substituents is 1. The summed E-state index contributed by atoms with van der Waals surface area (Å²) in [5, 5.41) is 30.5. The molecular weight excluding hydrogens is 316 g/mol. The molecule has 0 fully saturated rings. The van der Waals surface area contributed by atoms with Crippen LogP contribution < -0.4 is 0 Å². The Morgan fingerprint density at radius 2 is 2.04 bits per heavy atom. The van der Waals surface area contributed by atoms with E-state index in [2.05, 4.69) is 19.6 Å². The highest BCUT2D eigenvalue weighted by Crippen LogP contribution is 2.41. The third-order valence-electron chi connectivity index (χ3n) is 5.14. The Bertz CT molecular complexity index is 715. The molecule has 1 aromatic rings. The van der Waals surface area contributed by atoms with Crippen molar-refractivity contribution in [2.45, 2.75) is 52.9 Å². The van der Waals surface area contributed by atoms with Crippen LogP contribution in [-0.2, 0) is 12.8 Å². The van der Waals surface area contributed by atoms with Crippen LogP contribution >= 0.6 is 0 Å². The molecule has 2 unspecified atom stereocenters. The Morgan fingerprint density at radius 3 is 2.60 bits per heavy atom. The number of aromatic hydroxyl groups is 2. The lowest BCUT2D eigenvalue weighted by atomic mass is 9.74. The SMILES string of the molecule is C=C(C)C1CCC(C)=CC1Cc1c(O)cc(CCC)c(C(=O)O)c1O. The van der Waals surface area contributed by atoms with Crippen LogP contribution in [0.3, 0.4) is 0 Å². The summed E-state index contributed by atoms with van der Waals surface area (Å²) in [4.78, 5) is 11.6. The summed E-state index contributed by atoms with van der Waals surface area (Å²) in [6.07, 6.45) is 5.81. The van der Waals surface area contributed by atoms with Crippen molar-refractivity contribution in [3.8, 4) is 11.5 Å². The zero-order chi connectivity index (χ0) is 18.7. The Hall–Kier alpha value is -2.23. The average Bonchev–Trinajstić information content (AvgIpc) is 2.51. The van der Waals surface area contributed by atoms with Crippen molar-refractivity contribution in [2.24, 2.45) is 11.8 Å². The maximum absolute atomic E-state index is 11.6. The van der Waals surface area contributed by atoms with E-state index in [1.807, 2.05) is 13.8 Å². The number of phenols is 2. The van der Waals surface area contributed by atoms with E-state index >= 15 is 0 Å². The van der Waals surface area contributed by atoms with Crippen LogP contribution in [-0.4, -0.2) is 21.3 Å². The molecular formula is C21H28O4. The molecule has 0 amide bonds. The fourth-order valence-electron chi connectivity index (χ4n) is 3.87. The first-order valence-corrected chi connectivity index (χ1v) is 8.88. The molecule has 1 aliphatic carbocycles. The smallest absolute Gasteiger partial charge is 0.339 e. The predicted octanol–water partition coefficient (Wildman–Crippen LogP) is 4.84. The Balaban J connectivity index is 2.48. The molecule has 0 saturated heterocycles. The van der Waals surface area contributed by atoms with Gasteiger partial charge in [0.05, 0.1) is 0 Å². The van der Waals surface area contributed by atoms with E-state index < -0.39 is 5.97 Å². The number of carboxylic acid groups (broad SMARTS) is 1. The second-order valence-electron chi connectivity index (χ2n) is 7.18. The van der Waals surface area contributed by atoms with Gasteiger partial charge in [-0.3, -0.25) is 0 Å². The third-order valence-corrected chi connectivity index (χ3v) is 5.14. The molecule has 2 atom stereocenters. The first kappa shape index (κ1) is 19.1. The highest BCUT2D eigenvalue weighted by atomic mass is 16.4. The van der Waals surface area contributed by atoms with Gasteiger partial charge in [0.15, 0.2) is 0 Å². The van der Waals surface area contributed by atoms with Gasteiger partial charge >= 0.3 is 5.97 Å². The monoisotopic (exact) mass is 344 g/mol. The number of hydrogen-bond donors (Lipinski definition) is 3. The molecule has 0 aromatic heterocycles. The van der Waals surface area contributed by atoms with E-state index in [0.717, 1.165) is 24.8 Å². The van der Waals surface area contributed by atoms with Crippen LogP contribution in [0.15, 0.2) is 29.9 Å². The van der Waals surface area contributed by atoms with Crippen molar-refractivity contribution in [3.63, 3.8) is 0 Å². The summed E-state index contributed by atoms with van der Waals surface area (Å²) in [6.45, 7) is 10.1. The molecule has 0 bridgehead atoms. The van der Waals surface area contributed by atoms with Gasteiger partial charge in [0, 0.05) is 5.56 Å². The number of allylic oxidation sites excluding steroid dienone is 3. The van der Waals surface area contributed by atoms with E-state index in [0.29, 0.717) is 24.0 Å². The highest BCUT2D eigenvalue weighted by molar-refractivity contribution is 5.93. The molecule has 3 N–H and O–H groups in total. The molecule has 0 radical (unpaired) electrons. The first-order chi connectivity index (χ1) is 11.8. The van der Waals surface area contributed by atoms with Crippen LogP contribution in [0.5, 0.6) is 11.5 Å². The largest absolute Gasteiger partial charge is 0.508 e. The van der Waals surface area contributed by atoms with Crippen molar-refractivity contribution >= 4 is 5.97 Å². The van der Waals surface area contributed by atoms with Gasteiger partial charge in [-0.05, 0) is 63.0 Å². The topological polar surface area (TPSA) is 77.8 Å². The fraction of sp³-hybridized carbons (Fsp3) is 0.476. The highest BCUT2D eigenvalue weighted by Gasteiger charge is 2.28. The summed E-state index contributed by atoms with van der Waals surface area (Å²) < 4.78 is 0. The minimum Gasteiger partial charge on any atom is -0.508 e. The molecule has 4 heteroatoms. The molecule has 0 saturated carbocycles. The molecule has 1 aliphatic rings. The standard InChI is InChI=1S/C21H28O4/c1-5-6-14-11-18(22)17(20(23)19(14)21(24)25)10-15-9-13(4)7-8-16(15)12(2)3/h9,11,15-16,22-23H,2,5-8,10H2,1,3-4H3,(H,24,25). The van der Waals surface area contributed by atoms with Gasteiger partial charge in [0.25, 0.3) is 0 Å². The Labute approximate surface area is 149 Å². The van der Waals surface area contributed by atoms with E-state index in [-0.39, 0.29) is 28.9 Å². The maximum Gasteiger partial charge on any atom is 0.339 e. The fourth-order valence-corrected chi connectivity index (χ4v) is 3.87. The van der Waals surface area contributed by atoms with Gasteiger partial charge in [0.1, 0.15) is 17.1 Å². The van der Waals surface area contributed by atoms with Gasteiger partial charge < -0.3 is 15.3 Å². The number of hydrogen-bond acceptors (Lipinski definition) is 3. The zero-order valence-corrected chi connectivity index (χ0v) is 15.3. The lowest BCUT2D eigenvalue weighted by molar-refractivity contribution is 0.0692. The number of aryl methyl sites for hydroxylation is 1. The average molecular weight is 344 g/mol.